The van der Waals surface area contributed by atoms with E-state index < -0.39 is 0 Å². The highest BCUT2D eigenvalue weighted by Crippen LogP contribution is 2.36. The van der Waals surface area contributed by atoms with Crippen molar-refractivity contribution in [3.8, 4) is 17.6 Å². The Morgan fingerprint density at radius 1 is 1.27 bits per heavy atom. The van der Waals surface area contributed by atoms with Crippen LogP contribution in [0.5, 0.6) is 5.75 Å². The van der Waals surface area contributed by atoms with Gasteiger partial charge >= 0.3 is 5.97 Å². The summed E-state index contributed by atoms with van der Waals surface area (Å²) in [5.41, 5.74) is 3.41. The van der Waals surface area contributed by atoms with Crippen molar-refractivity contribution in [3.05, 3.63) is 47.3 Å². The van der Waals surface area contributed by atoms with Crippen molar-refractivity contribution < 1.29 is 19.1 Å². The van der Waals surface area contributed by atoms with Crippen LogP contribution >= 0.6 is 0 Å². The maximum atomic E-state index is 12.4. The number of nitrogens with one attached hydrogen (secondary N) is 2. The highest BCUT2D eigenvalue weighted by Gasteiger charge is 2.26. The summed E-state index contributed by atoms with van der Waals surface area (Å²) in [6, 6.07) is 7.31. The monoisotopic (exact) mass is 350 g/mol. The third-order valence-corrected chi connectivity index (χ3v) is 3.98. The number of hydrogen-bond acceptors (Lipinski definition) is 4. The van der Waals surface area contributed by atoms with Crippen LogP contribution in [0.1, 0.15) is 29.7 Å². The van der Waals surface area contributed by atoms with Gasteiger partial charge in [0.1, 0.15) is 5.75 Å². The number of benzene rings is 1. The predicted molar refractivity (Wildman–Crippen MR) is 98.4 cm³/mol. The number of hydrogen-bond donors (Lipinski definition) is 2. The smallest absolute Gasteiger partial charge is 0.306 e. The Morgan fingerprint density at radius 3 is 2.88 bits per heavy atom. The minimum atomic E-state index is -0.297. The molecule has 0 unspecified atom stereocenters. The Hall–Kier alpha value is -3.46. The number of rotatable bonds is 4. The number of fused-ring (bicyclic) bond motifs is 1. The van der Waals surface area contributed by atoms with E-state index in [0.717, 1.165) is 11.1 Å². The van der Waals surface area contributed by atoms with Gasteiger partial charge in [0.15, 0.2) is 0 Å². The molecule has 2 aromatic rings. The molecule has 6 heteroatoms. The Balaban J connectivity index is 1.95. The molecular weight excluding hydrogens is 332 g/mol. The van der Waals surface area contributed by atoms with Crippen molar-refractivity contribution in [2.24, 2.45) is 0 Å². The molecule has 0 fully saturated rings. The minimum Gasteiger partial charge on any atom is -0.495 e. The van der Waals surface area contributed by atoms with Gasteiger partial charge in [-0.05, 0) is 24.3 Å². The molecule has 6 nitrogen and oxygen atoms in total. The third-order valence-electron chi connectivity index (χ3n) is 3.98. The molecule has 3 rings (SSSR count). The average Bonchev–Trinajstić information content (AvgIpc) is 3.23. The number of ether oxygens (including phenoxy) is 2. The van der Waals surface area contributed by atoms with Gasteiger partial charge < -0.3 is 19.8 Å². The molecule has 0 saturated carbocycles. The zero-order valence-electron chi connectivity index (χ0n) is 14.5. The van der Waals surface area contributed by atoms with E-state index in [0.29, 0.717) is 29.1 Å². The number of amides is 1. The molecule has 1 aromatic heterocycles. The highest BCUT2D eigenvalue weighted by molar-refractivity contribution is 6.35. The van der Waals surface area contributed by atoms with E-state index in [-0.39, 0.29) is 18.3 Å². The van der Waals surface area contributed by atoms with E-state index in [1.54, 1.807) is 25.4 Å². The molecule has 0 spiro atoms. The lowest BCUT2D eigenvalue weighted by Crippen LogP contribution is -2.03. The van der Waals surface area contributed by atoms with Gasteiger partial charge in [-0.1, -0.05) is 17.9 Å². The molecule has 2 heterocycles. The summed E-state index contributed by atoms with van der Waals surface area (Å²) < 4.78 is 9.88. The lowest BCUT2D eigenvalue weighted by molar-refractivity contribution is -0.140. The van der Waals surface area contributed by atoms with Crippen LogP contribution in [-0.2, 0) is 14.3 Å². The molecule has 0 atom stereocenters. The first-order valence-electron chi connectivity index (χ1n) is 8.07. The molecule has 1 aliphatic heterocycles. The second kappa shape index (κ2) is 7.62. The number of aromatic amines is 1. The van der Waals surface area contributed by atoms with E-state index in [1.807, 2.05) is 18.2 Å². The fourth-order valence-corrected chi connectivity index (χ4v) is 2.72. The van der Waals surface area contributed by atoms with Gasteiger partial charge in [0.05, 0.1) is 37.6 Å². The number of esters is 1. The topological polar surface area (TPSA) is 80.4 Å². The van der Waals surface area contributed by atoms with Gasteiger partial charge in [-0.2, -0.15) is 0 Å². The Kier molecular flexibility index (Phi) is 5.09. The molecule has 1 aromatic carbocycles. The van der Waals surface area contributed by atoms with Crippen molar-refractivity contribution in [1.82, 2.24) is 4.98 Å². The molecular formula is C20H18N2O4. The van der Waals surface area contributed by atoms with Crippen LogP contribution in [0, 0.1) is 11.8 Å². The molecule has 26 heavy (non-hydrogen) atoms. The summed E-state index contributed by atoms with van der Waals surface area (Å²) in [5, 5.41) is 2.85. The van der Waals surface area contributed by atoms with E-state index in [1.165, 1.54) is 7.11 Å². The molecule has 1 amide bonds. The standard InChI is InChI=1S/C20H18N2O4/c1-25-17-10-11-21-16(17)12-14-19-13(6-3-4-9-18(23)26-2)7-5-8-15(19)22-20(14)24/h5,7-8,10-12,21H,4,9H2,1-2H3,(H,22,24)/b14-12-. The van der Waals surface area contributed by atoms with Crippen molar-refractivity contribution in [2.75, 3.05) is 19.5 Å². The van der Waals surface area contributed by atoms with Crippen LogP contribution in [0.2, 0.25) is 0 Å². The fraction of sp³-hybridized carbons (Fsp3) is 0.200. The van der Waals surface area contributed by atoms with Gasteiger partial charge in [0, 0.05) is 23.7 Å². The highest BCUT2D eigenvalue weighted by atomic mass is 16.5. The van der Waals surface area contributed by atoms with Gasteiger partial charge in [-0.25, -0.2) is 0 Å². The van der Waals surface area contributed by atoms with Crippen molar-refractivity contribution in [1.29, 1.82) is 0 Å². The van der Waals surface area contributed by atoms with Gasteiger partial charge in [0.2, 0.25) is 0 Å². The van der Waals surface area contributed by atoms with Crippen LogP contribution in [-0.4, -0.2) is 31.1 Å². The molecule has 132 valence electrons. The summed E-state index contributed by atoms with van der Waals surface area (Å²) in [4.78, 5) is 26.7. The fourth-order valence-electron chi connectivity index (χ4n) is 2.72. The number of methoxy groups -OCH3 is 2. The second-order valence-electron chi connectivity index (χ2n) is 5.58. The van der Waals surface area contributed by atoms with Crippen molar-refractivity contribution >= 4 is 29.2 Å². The Labute approximate surface area is 151 Å². The second-order valence-corrected chi connectivity index (χ2v) is 5.58. The normalized spacial score (nSPS) is 13.6. The number of carbonyl (C=O) groups is 2. The van der Waals surface area contributed by atoms with Crippen LogP contribution in [0.25, 0.3) is 11.6 Å². The summed E-state index contributed by atoms with van der Waals surface area (Å²) in [6.45, 7) is 0. The number of carbonyl (C=O) groups excluding carboxylic acids is 2. The summed E-state index contributed by atoms with van der Waals surface area (Å²) in [7, 11) is 2.93. The zero-order valence-corrected chi connectivity index (χ0v) is 14.5. The van der Waals surface area contributed by atoms with E-state index in [9.17, 15) is 9.59 Å². The SMILES string of the molecule is COC(=O)CCC#Cc1cccc2c1/C(=C/c1[nH]ccc1OC)C(=O)N2. The Morgan fingerprint density at radius 2 is 2.12 bits per heavy atom. The van der Waals surface area contributed by atoms with Gasteiger partial charge in [-0.3, -0.25) is 9.59 Å². The lowest BCUT2D eigenvalue weighted by atomic mass is 9.99. The molecule has 0 bridgehead atoms. The van der Waals surface area contributed by atoms with Crippen molar-refractivity contribution in [2.45, 2.75) is 12.8 Å². The minimum absolute atomic E-state index is 0.194. The largest absolute Gasteiger partial charge is 0.495 e. The predicted octanol–water partition coefficient (Wildman–Crippen LogP) is 2.82. The molecule has 0 saturated heterocycles. The van der Waals surface area contributed by atoms with Crippen LogP contribution < -0.4 is 10.1 Å². The first-order valence-corrected chi connectivity index (χ1v) is 8.07. The lowest BCUT2D eigenvalue weighted by Gasteiger charge is -2.03. The quantitative estimate of drug-likeness (QED) is 0.505. The Bertz CT molecular complexity index is 944. The van der Waals surface area contributed by atoms with Gasteiger partial charge in [0.25, 0.3) is 5.91 Å². The van der Waals surface area contributed by atoms with Crippen molar-refractivity contribution in [3.63, 3.8) is 0 Å². The van der Waals surface area contributed by atoms with E-state index in [4.69, 9.17) is 4.74 Å². The number of aromatic nitrogens is 1. The molecule has 1 aliphatic rings. The number of anilines is 1. The summed E-state index contributed by atoms with van der Waals surface area (Å²) in [5.74, 6) is 6.18. The summed E-state index contributed by atoms with van der Waals surface area (Å²) in [6.07, 6.45) is 4.12. The summed E-state index contributed by atoms with van der Waals surface area (Å²) >= 11 is 0. The molecule has 0 radical (unpaired) electrons. The average molecular weight is 350 g/mol. The van der Waals surface area contributed by atoms with Crippen LogP contribution in [0.3, 0.4) is 0 Å². The maximum Gasteiger partial charge on any atom is 0.306 e. The van der Waals surface area contributed by atoms with Gasteiger partial charge in [-0.15, -0.1) is 0 Å². The van der Waals surface area contributed by atoms with Crippen LogP contribution in [0.15, 0.2) is 30.5 Å². The number of H-pyrrole nitrogens is 1. The maximum absolute atomic E-state index is 12.4. The molecule has 2 N–H and O–H groups in total. The molecule has 0 aliphatic carbocycles. The first-order chi connectivity index (χ1) is 12.6. The van der Waals surface area contributed by atoms with Crippen LogP contribution in [0.4, 0.5) is 5.69 Å². The van der Waals surface area contributed by atoms with E-state index in [2.05, 4.69) is 26.9 Å². The third kappa shape index (κ3) is 3.47. The van der Waals surface area contributed by atoms with E-state index >= 15 is 0 Å². The zero-order chi connectivity index (χ0) is 18.5. The first kappa shape index (κ1) is 17.4.